The van der Waals surface area contributed by atoms with Gasteiger partial charge >= 0.3 is 0 Å². The molecule has 0 aliphatic heterocycles. The molecule has 0 saturated carbocycles. The first-order valence-corrected chi connectivity index (χ1v) is 4.94. The topological polar surface area (TPSA) is 21.3 Å². The lowest BCUT2D eigenvalue weighted by molar-refractivity contribution is 0.199. The normalized spacial score (nSPS) is 10.5. The Kier molecular flexibility index (Phi) is 4.29. The molecule has 0 aliphatic carbocycles. The summed E-state index contributed by atoms with van der Waals surface area (Å²) in [5, 5.41) is 5.49. The van der Waals surface area contributed by atoms with Gasteiger partial charge in [0, 0.05) is 25.1 Å². The molecular weight excluding hydrogens is 170 g/mol. The minimum absolute atomic E-state index is 0.781. The number of hydrogen-bond donors (Lipinski definition) is 1. The second-order valence-electron chi connectivity index (χ2n) is 2.74. The average molecular weight is 185 g/mol. The number of thiophene rings is 1. The highest BCUT2D eigenvalue weighted by Gasteiger charge is 1.94. The van der Waals surface area contributed by atoms with Gasteiger partial charge in [-0.25, -0.2) is 0 Å². The van der Waals surface area contributed by atoms with Gasteiger partial charge in [-0.1, -0.05) is 0 Å². The Bertz CT molecular complexity index is 222. The van der Waals surface area contributed by atoms with E-state index >= 15 is 0 Å². The minimum Gasteiger partial charge on any atom is -0.383 e. The van der Waals surface area contributed by atoms with Crippen molar-refractivity contribution in [1.82, 2.24) is 5.32 Å². The van der Waals surface area contributed by atoms with Gasteiger partial charge in [0.15, 0.2) is 0 Å². The van der Waals surface area contributed by atoms with Gasteiger partial charge in [-0.3, -0.25) is 0 Å². The van der Waals surface area contributed by atoms with Gasteiger partial charge in [-0.05, 0) is 23.9 Å². The highest BCUT2D eigenvalue weighted by molar-refractivity contribution is 7.10. The third-order valence-electron chi connectivity index (χ3n) is 1.60. The Morgan fingerprint density at radius 3 is 3.00 bits per heavy atom. The van der Waals surface area contributed by atoms with E-state index in [9.17, 15) is 0 Å². The van der Waals surface area contributed by atoms with E-state index in [1.54, 1.807) is 18.4 Å². The quantitative estimate of drug-likeness (QED) is 0.706. The molecule has 0 spiro atoms. The Balaban J connectivity index is 2.15. The molecule has 0 amide bonds. The summed E-state index contributed by atoms with van der Waals surface area (Å²) in [6, 6.07) is 2.21. The van der Waals surface area contributed by atoms with Crippen molar-refractivity contribution in [3.05, 3.63) is 21.9 Å². The van der Waals surface area contributed by atoms with Crippen molar-refractivity contribution in [3.8, 4) is 0 Å². The van der Waals surface area contributed by atoms with Crippen molar-refractivity contribution >= 4 is 11.3 Å². The largest absolute Gasteiger partial charge is 0.383 e. The van der Waals surface area contributed by atoms with Gasteiger partial charge in [0.1, 0.15) is 0 Å². The maximum atomic E-state index is 4.93. The SMILES string of the molecule is COCCNCc1csc(C)c1. The number of methoxy groups -OCH3 is 1. The molecule has 0 fully saturated rings. The predicted octanol–water partition coefficient (Wildman–Crippen LogP) is 1.79. The lowest BCUT2D eigenvalue weighted by Crippen LogP contribution is -2.18. The molecule has 0 bridgehead atoms. The second kappa shape index (κ2) is 5.30. The van der Waals surface area contributed by atoms with Crippen molar-refractivity contribution in [2.24, 2.45) is 0 Å². The molecule has 1 N–H and O–H groups in total. The van der Waals surface area contributed by atoms with Crippen LogP contribution < -0.4 is 5.32 Å². The number of hydrogen-bond acceptors (Lipinski definition) is 3. The molecule has 1 rings (SSSR count). The van der Waals surface area contributed by atoms with E-state index in [-0.39, 0.29) is 0 Å². The highest BCUT2D eigenvalue weighted by Crippen LogP contribution is 2.12. The van der Waals surface area contributed by atoms with E-state index in [0.29, 0.717) is 0 Å². The van der Waals surface area contributed by atoms with E-state index in [1.807, 2.05) is 0 Å². The van der Waals surface area contributed by atoms with Crippen LogP contribution in [0.2, 0.25) is 0 Å². The van der Waals surface area contributed by atoms with Crippen molar-refractivity contribution in [2.75, 3.05) is 20.3 Å². The molecule has 0 aromatic carbocycles. The van der Waals surface area contributed by atoms with E-state index in [2.05, 4.69) is 23.7 Å². The Morgan fingerprint density at radius 1 is 1.58 bits per heavy atom. The summed E-state index contributed by atoms with van der Waals surface area (Å²) in [7, 11) is 1.72. The first-order valence-electron chi connectivity index (χ1n) is 4.06. The van der Waals surface area contributed by atoms with Crippen molar-refractivity contribution in [1.29, 1.82) is 0 Å². The molecule has 1 heterocycles. The molecule has 0 radical (unpaired) electrons. The molecule has 12 heavy (non-hydrogen) atoms. The van der Waals surface area contributed by atoms with Gasteiger partial charge in [-0.15, -0.1) is 11.3 Å². The van der Waals surface area contributed by atoms with Crippen molar-refractivity contribution in [3.63, 3.8) is 0 Å². The lowest BCUT2D eigenvalue weighted by Gasteiger charge is -2.00. The minimum atomic E-state index is 0.781. The predicted molar refractivity (Wildman–Crippen MR) is 52.6 cm³/mol. The van der Waals surface area contributed by atoms with Crippen LogP contribution in [0, 0.1) is 6.92 Å². The van der Waals surface area contributed by atoms with Crippen molar-refractivity contribution in [2.45, 2.75) is 13.5 Å². The Hall–Kier alpha value is -0.380. The monoisotopic (exact) mass is 185 g/mol. The molecule has 2 nitrogen and oxygen atoms in total. The van der Waals surface area contributed by atoms with Gasteiger partial charge in [-0.2, -0.15) is 0 Å². The average Bonchev–Trinajstić information content (AvgIpc) is 2.45. The van der Waals surface area contributed by atoms with E-state index in [4.69, 9.17) is 4.74 Å². The molecular formula is C9H15NOS. The van der Waals surface area contributed by atoms with E-state index < -0.39 is 0 Å². The molecule has 0 unspecified atom stereocenters. The van der Waals surface area contributed by atoms with Crippen LogP contribution in [0.5, 0.6) is 0 Å². The fourth-order valence-corrected chi connectivity index (χ4v) is 1.71. The Morgan fingerprint density at radius 2 is 2.42 bits per heavy atom. The molecule has 0 atom stereocenters. The summed E-state index contributed by atoms with van der Waals surface area (Å²) in [5.41, 5.74) is 1.37. The molecule has 0 saturated heterocycles. The zero-order valence-corrected chi connectivity index (χ0v) is 8.41. The van der Waals surface area contributed by atoms with Crippen LogP contribution in [0.4, 0.5) is 0 Å². The Labute approximate surface area is 77.6 Å². The summed E-state index contributed by atoms with van der Waals surface area (Å²) in [5.74, 6) is 0. The maximum Gasteiger partial charge on any atom is 0.0587 e. The fraction of sp³-hybridized carbons (Fsp3) is 0.556. The van der Waals surface area contributed by atoms with E-state index in [1.165, 1.54) is 10.4 Å². The molecule has 1 aromatic rings. The molecule has 3 heteroatoms. The first kappa shape index (κ1) is 9.71. The summed E-state index contributed by atoms with van der Waals surface area (Å²) in [6.07, 6.45) is 0. The van der Waals surface area contributed by atoms with Crippen LogP contribution in [-0.4, -0.2) is 20.3 Å². The van der Waals surface area contributed by atoms with Crippen LogP contribution in [0.25, 0.3) is 0 Å². The highest BCUT2D eigenvalue weighted by atomic mass is 32.1. The number of aryl methyl sites for hydroxylation is 1. The van der Waals surface area contributed by atoms with Gasteiger partial charge in [0.2, 0.25) is 0 Å². The zero-order valence-electron chi connectivity index (χ0n) is 7.59. The molecule has 0 aliphatic rings. The van der Waals surface area contributed by atoms with Crippen LogP contribution >= 0.6 is 11.3 Å². The summed E-state index contributed by atoms with van der Waals surface area (Å²) >= 11 is 1.80. The van der Waals surface area contributed by atoms with Crippen LogP contribution in [-0.2, 0) is 11.3 Å². The maximum absolute atomic E-state index is 4.93. The van der Waals surface area contributed by atoms with E-state index in [0.717, 1.165) is 19.7 Å². The number of ether oxygens (including phenoxy) is 1. The van der Waals surface area contributed by atoms with Crippen LogP contribution in [0.1, 0.15) is 10.4 Å². The lowest BCUT2D eigenvalue weighted by atomic mass is 10.3. The number of rotatable bonds is 5. The third kappa shape index (κ3) is 3.34. The van der Waals surface area contributed by atoms with Gasteiger partial charge in [0.25, 0.3) is 0 Å². The van der Waals surface area contributed by atoms with Crippen LogP contribution in [0.15, 0.2) is 11.4 Å². The summed E-state index contributed by atoms with van der Waals surface area (Å²) < 4.78 is 4.93. The third-order valence-corrected chi connectivity index (χ3v) is 2.51. The molecule has 1 aromatic heterocycles. The number of nitrogens with one attached hydrogen (secondary N) is 1. The standard InChI is InChI=1S/C9H15NOS/c1-8-5-9(7-12-8)6-10-3-4-11-2/h5,7,10H,3-4,6H2,1-2H3. The molecule has 68 valence electrons. The zero-order chi connectivity index (χ0) is 8.81. The summed E-state index contributed by atoms with van der Waals surface area (Å²) in [4.78, 5) is 1.37. The second-order valence-corrected chi connectivity index (χ2v) is 3.85. The van der Waals surface area contributed by atoms with Gasteiger partial charge < -0.3 is 10.1 Å². The first-order chi connectivity index (χ1) is 5.83. The van der Waals surface area contributed by atoms with Crippen LogP contribution in [0.3, 0.4) is 0 Å². The smallest absolute Gasteiger partial charge is 0.0587 e. The van der Waals surface area contributed by atoms with Crippen molar-refractivity contribution < 1.29 is 4.74 Å². The fourth-order valence-electron chi connectivity index (χ4n) is 0.997. The summed E-state index contributed by atoms with van der Waals surface area (Å²) in [6.45, 7) is 4.78. The van der Waals surface area contributed by atoms with Gasteiger partial charge in [0.05, 0.1) is 6.61 Å².